The van der Waals surface area contributed by atoms with E-state index in [2.05, 4.69) is 20.3 Å². The summed E-state index contributed by atoms with van der Waals surface area (Å²) in [6.07, 6.45) is 3.04. The first kappa shape index (κ1) is 13.4. The van der Waals surface area contributed by atoms with Crippen LogP contribution in [-0.4, -0.2) is 29.2 Å². The van der Waals surface area contributed by atoms with Gasteiger partial charge in [0.2, 0.25) is 11.8 Å². The van der Waals surface area contributed by atoms with Gasteiger partial charge in [0, 0.05) is 0 Å². The summed E-state index contributed by atoms with van der Waals surface area (Å²) < 4.78 is 10.4. The van der Waals surface area contributed by atoms with Gasteiger partial charge < -0.3 is 14.8 Å². The number of rotatable bonds is 5. The molecule has 0 aliphatic heterocycles. The lowest BCUT2D eigenvalue weighted by Crippen LogP contribution is -2.06. The molecule has 0 radical (unpaired) electrons. The Hall–Kier alpha value is -2.08. The van der Waals surface area contributed by atoms with Crippen molar-refractivity contribution in [2.45, 2.75) is 6.54 Å². The smallest absolute Gasteiger partial charge is 0.225 e. The summed E-state index contributed by atoms with van der Waals surface area (Å²) in [5.41, 5.74) is 1.57. The largest absolute Gasteiger partial charge is 0.481 e. The van der Waals surface area contributed by atoms with E-state index in [1.807, 2.05) is 6.07 Å². The Kier molecular flexibility index (Phi) is 4.35. The van der Waals surface area contributed by atoms with Crippen LogP contribution in [0.1, 0.15) is 5.56 Å². The van der Waals surface area contributed by atoms with Crippen molar-refractivity contribution in [2.75, 3.05) is 19.5 Å². The van der Waals surface area contributed by atoms with Gasteiger partial charge in [0.15, 0.2) is 0 Å². The molecule has 100 valence electrons. The number of nitrogens with one attached hydrogen (secondary N) is 1. The molecule has 0 spiro atoms. The minimum absolute atomic E-state index is 0.448. The van der Waals surface area contributed by atoms with Crippen molar-refractivity contribution in [3.63, 3.8) is 0 Å². The maximum Gasteiger partial charge on any atom is 0.225 e. The van der Waals surface area contributed by atoms with E-state index in [9.17, 15) is 0 Å². The molecule has 0 saturated heterocycles. The predicted molar refractivity (Wildman–Crippen MR) is 71.7 cm³/mol. The summed E-state index contributed by atoms with van der Waals surface area (Å²) >= 11 is 5.73. The normalized spacial score (nSPS) is 10.1. The van der Waals surface area contributed by atoms with Crippen molar-refractivity contribution in [1.29, 1.82) is 0 Å². The molecule has 0 aromatic carbocycles. The lowest BCUT2D eigenvalue weighted by molar-refractivity contribution is 0.363. The van der Waals surface area contributed by atoms with Gasteiger partial charge in [-0.25, -0.2) is 15.0 Å². The monoisotopic (exact) mass is 280 g/mol. The SMILES string of the molecule is COc1ncnc(OC)c1CNc1ccc(Cl)nc1. The first-order valence-corrected chi connectivity index (χ1v) is 5.89. The topological polar surface area (TPSA) is 69.2 Å². The van der Waals surface area contributed by atoms with E-state index in [0.717, 1.165) is 11.3 Å². The van der Waals surface area contributed by atoms with Gasteiger partial charge in [0.05, 0.1) is 38.2 Å². The highest BCUT2D eigenvalue weighted by atomic mass is 35.5. The van der Waals surface area contributed by atoms with Gasteiger partial charge in [-0.2, -0.15) is 0 Å². The fourth-order valence-electron chi connectivity index (χ4n) is 1.55. The Morgan fingerprint density at radius 3 is 2.32 bits per heavy atom. The maximum atomic E-state index is 5.73. The summed E-state index contributed by atoms with van der Waals surface area (Å²) in [4.78, 5) is 12.1. The standard InChI is InChI=1S/C12H13ClN4O2/c1-18-11-9(12(19-2)17-7-16-11)6-14-8-3-4-10(13)15-5-8/h3-5,7,14H,6H2,1-2H3. The molecule has 2 heterocycles. The van der Waals surface area contributed by atoms with Gasteiger partial charge in [-0.1, -0.05) is 11.6 Å². The molecule has 0 aliphatic carbocycles. The Morgan fingerprint density at radius 1 is 1.11 bits per heavy atom. The summed E-state index contributed by atoms with van der Waals surface area (Å²) in [7, 11) is 3.10. The van der Waals surface area contributed by atoms with E-state index in [1.54, 1.807) is 26.5 Å². The molecule has 2 aromatic rings. The highest BCUT2D eigenvalue weighted by molar-refractivity contribution is 6.29. The molecule has 7 heteroatoms. The van der Waals surface area contributed by atoms with E-state index >= 15 is 0 Å². The van der Waals surface area contributed by atoms with Gasteiger partial charge in [-0.05, 0) is 12.1 Å². The highest BCUT2D eigenvalue weighted by Crippen LogP contribution is 2.24. The molecule has 0 aliphatic rings. The van der Waals surface area contributed by atoms with E-state index in [-0.39, 0.29) is 0 Å². The van der Waals surface area contributed by atoms with Crippen LogP contribution < -0.4 is 14.8 Å². The zero-order chi connectivity index (χ0) is 13.7. The Labute approximate surface area is 115 Å². The van der Waals surface area contributed by atoms with E-state index in [0.29, 0.717) is 23.5 Å². The van der Waals surface area contributed by atoms with Crippen molar-refractivity contribution in [3.8, 4) is 11.8 Å². The zero-order valence-electron chi connectivity index (χ0n) is 10.6. The first-order chi connectivity index (χ1) is 9.24. The summed E-state index contributed by atoms with van der Waals surface area (Å²) in [6, 6.07) is 3.54. The number of hydrogen-bond donors (Lipinski definition) is 1. The lowest BCUT2D eigenvalue weighted by atomic mass is 10.3. The minimum atomic E-state index is 0.448. The second-order valence-electron chi connectivity index (χ2n) is 3.59. The van der Waals surface area contributed by atoms with Crippen molar-refractivity contribution < 1.29 is 9.47 Å². The number of pyridine rings is 1. The zero-order valence-corrected chi connectivity index (χ0v) is 11.3. The van der Waals surface area contributed by atoms with E-state index in [4.69, 9.17) is 21.1 Å². The third-order valence-electron chi connectivity index (χ3n) is 2.45. The fraction of sp³-hybridized carbons (Fsp3) is 0.250. The van der Waals surface area contributed by atoms with Crippen LogP contribution in [0.2, 0.25) is 5.15 Å². The molecule has 1 N–H and O–H groups in total. The van der Waals surface area contributed by atoms with Crippen LogP contribution in [0.4, 0.5) is 5.69 Å². The molecule has 0 amide bonds. The molecule has 19 heavy (non-hydrogen) atoms. The van der Waals surface area contributed by atoms with Crippen molar-refractivity contribution in [3.05, 3.63) is 35.4 Å². The Bertz CT molecular complexity index is 526. The number of hydrogen-bond acceptors (Lipinski definition) is 6. The molecule has 0 unspecified atom stereocenters. The molecule has 0 saturated carbocycles. The van der Waals surface area contributed by atoms with Crippen LogP contribution in [0.5, 0.6) is 11.8 Å². The van der Waals surface area contributed by atoms with Gasteiger partial charge >= 0.3 is 0 Å². The summed E-state index contributed by atoms with van der Waals surface area (Å²) in [5, 5.41) is 3.62. The van der Waals surface area contributed by atoms with Crippen LogP contribution in [0.3, 0.4) is 0 Å². The third-order valence-corrected chi connectivity index (χ3v) is 2.67. The first-order valence-electron chi connectivity index (χ1n) is 5.52. The molecular weight excluding hydrogens is 268 g/mol. The number of anilines is 1. The molecule has 2 aromatic heterocycles. The quantitative estimate of drug-likeness (QED) is 0.847. The molecule has 0 atom stereocenters. The molecule has 6 nitrogen and oxygen atoms in total. The lowest BCUT2D eigenvalue weighted by Gasteiger charge is -2.12. The predicted octanol–water partition coefficient (Wildman–Crippen LogP) is 2.15. The number of halogens is 1. The molecule has 2 rings (SSSR count). The van der Waals surface area contributed by atoms with Gasteiger partial charge in [0.25, 0.3) is 0 Å². The molecule has 0 bridgehead atoms. The van der Waals surface area contributed by atoms with Gasteiger partial charge in [0.1, 0.15) is 11.5 Å². The average Bonchev–Trinajstić information content (AvgIpc) is 2.46. The van der Waals surface area contributed by atoms with Crippen molar-refractivity contribution in [2.24, 2.45) is 0 Å². The van der Waals surface area contributed by atoms with Crippen LogP contribution >= 0.6 is 11.6 Å². The third kappa shape index (κ3) is 3.23. The van der Waals surface area contributed by atoms with Gasteiger partial charge in [-0.3, -0.25) is 0 Å². The second-order valence-corrected chi connectivity index (χ2v) is 3.98. The van der Waals surface area contributed by atoms with Crippen LogP contribution in [-0.2, 0) is 6.54 Å². The number of methoxy groups -OCH3 is 2. The average molecular weight is 281 g/mol. The van der Waals surface area contributed by atoms with Crippen molar-refractivity contribution >= 4 is 17.3 Å². The van der Waals surface area contributed by atoms with E-state index < -0.39 is 0 Å². The number of aromatic nitrogens is 3. The fourth-order valence-corrected chi connectivity index (χ4v) is 1.67. The van der Waals surface area contributed by atoms with Crippen molar-refractivity contribution in [1.82, 2.24) is 15.0 Å². The van der Waals surface area contributed by atoms with Crippen LogP contribution in [0.25, 0.3) is 0 Å². The molecule has 0 fully saturated rings. The highest BCUT2D eigenvalue weighted by Gasteiger charge is 2.12. The Balaban J connectivity index is 2.16. The summed E-state index contributed by atoms with van der Waals surface area (Å²) in [6.45, 7) is 0.455. The van der Waals surface area contributed by atoms with Crippen LogP contribution in [0.15, 0.2) is 24.7 Å². The number of ether oxygens (including phenoxy) is 2. The number of nitrogens with zero attached hydrogens (tertiary/aromatic N) is 3. The summed E-state index contributed by atoms with van der Waals surface area (Å²) in [5.74, 6) is 0.947. The van der Waals surface area contributed by atoms with Crippen LogP contribution in [0, 0.1) is 0 Å². The maximum absolute atomic E-state index is 5.73. The molecular formula is C12H13ClN4O2. The van der Waals surface area contributed by atoms with Gasteiger partial charge in [-0.15, -0.1) is 0 Å². The second kappa shape index (κ2) is 6.19. The van der Waals surface area contributed by atoms with E-state index in [1.165, 1.54) is 6.33 Å². The minimum Gasteiger partial charge on any atom is -0.481 e. The Morgan fingerprint density at radius 2 is 1.79 bits per heavy atom.